The van der Waals surface area contributed by atoms with E-state index in [1.165, 1.54) is 0 Å². The molecule has 1 aliphatic heterocycles. The molecule has 8 nitrogen and oxygen atoms in total. The number of aliphatic carboxylic acids is 1. The first-order valence-electron chi connectivity index (χ1n) is 8.47. The van der Waals surface area contributed by atoms with Gasteiger partial charge in [-0.2, -0.15) is 5.10 Å². The zero-order chi connectivity index (χ0) is 18.8. The Morgan fingerprint density at radius 2 is 2.08 bits per heavy atom. The highest BCUT2D eigenvalue weighted by atomic mass is 16.5. The minimum atomic E-state index is -0.809. The van der Waals surface area contributed by atoms with E-state index in [9.17, 15) is 9.90 Å². The molecule has 0 radical (unpaired) electrons. The number of carbonyl (C=O) groups is 1. The molecule has 1 aliphatic rings. The number of benzene rings is 1. The largest absolute Gasteiger partial charge is 0.493 e. The van der Waals surface area contributed by atoms with Crippen LogP contribution in [0.15, 0.2) is 18.2 Å². The topological polar surface area (TPSA) is 89.7 Å². The second kappa shape index (κ2) is 7.33. The van der Waals surface area contributed by atoms with Crippen molar-refractivity contribution >= 4 is 5.97 Å². The number of likely N-dealkylation sites (tertiary alicyclic amines) is 1. The van der Waals surface area contributed by atoms with Crippen molar-refractivity contribution in [3.8, 4) is 11.5 Å². The summed E-state index contributed by atoms with van der Waals surface area (Å²) >= 11 is 0. The van der Waals surface area contributed by atoms with E-state index in [4.69, 9.17) is 9.47 Å². The zero-order valence-corrected chi connectivity index (χ0v) is 15.5. The van der Waals surface area contributed by atoms with Gasteiger partial charge in [0.25, 0.3) is 0 Å². The Morgan fingerprint density at radius 3 is 2.65 bits per heavy atom. The van der Waals surface area contributed by atoms with Crippen LogP contribution in [-0.4, -0.2) is 58.0 Å². The highest BCUT2D eigenvalue weighted by molar-refractivity contribution is 5.73. The number of rotatable bonds is 6. The Bertz CT molecular complexity index is 804. The number of methoxy groups -OCH3 is 2. The lowest BCUT2D eigenvalue weighted by molar-refractivity contribution is -0.141. The standard InChI is InChI=1S/C18H24N4O4/c1-11-19-16(21(2)20-11)10-22-8-13(14(9-22)18(23)24)12-6-5-7-15(25-3)17(12)26-4/h5-7,13-14H,8-10H2,1-4H3,(H,23,24)/t13-,14+/m1/s1. The second-order valence-corrected chi connectivity index (χ2v) is 6.53. The number of para-hydroxylation sites is 1. The molecule has 0 unspecified atom stereocenters. The Balaban J connectivity index is 1.89. The minimum Gasteiger partial charge on any atom is -0.493 e. The van der Waals surface area contributed by atoms with Crippen molar-refractivity contribution in [3.05, 3.63) is 35.4 Å². The molecule has 0 amide bonds. The molecule has 1 saturated heterocycles. The normalized spacial score (nSPS) is 20.3. The van der Waals surface area contributed by atoms with Crippen LogP contribution in [0.4, 0.5) is 0 Å². The van der Waals surface area contributed by atoms with Crippen molar-refractivity contribution in [2.24, 2.45) is 13.0 Å². The third-order valence-corrected chi connectivity index (χ3v) is 4.87. The predicted molar refractivity (Wildman–Crippen MR) is 94.4 cm³/mol. The van der Waals surface area contributed by atoms with E-state index in [0.717, 1.165) is 11.4 Å². The SMILES string of the molecule is COc1cccc([C@H]2CN(Cc3nc(C)nn3C)C[C@@H]2C(=O)O)c1OC. The maximum atomic E-state index is 11.9. The number of hydrogen-bond donors (Lipinski definition) is 1. The number of nitrogens with zero attached hydrogens (tertiary/aromatic N) is 4. The van der Waals surface area contributed by atoms with E-state index >= 15 is 0 Å². The first-order valence-corrected chi connectivity index (χ1v) is 8.47. The summed E-state index contributed by atoms with van der Waals surface area (Å²) in [5, 5.41) is 14.0. The van der Waals surface area contributed by atoms with Crippen LogP contribution >= 0.6 is 0 Å². The molecule has 1 fully saturated rings. The average Bonchev–Trinajstić information content (AvgIpc) is 3.17. The lowest BCUT2D eigenvalue weighted by atomic mass is 9.88. The lowest BCUT2D eigenvalue weighted by Crippen LogP contribution is -2.24. The van der Waals surface area contributed by atoms with E-state index in [1.54, 1.807) is 18.9 Å². The highest BCUT2D eigenvalue weighted by Gasteiger charge is 2.40. The third-order valence-electron chi connectivity index (χ3n) is 4.87. The van der Waals surface area contributed by atoms with Crippen LogP contribution in [-0.2, 0) is 18.4 Å². The van der Waals surface area contributed by atoms with Crippen molar-refractivity contribution in [3.63, 3.8) is 0 Å². The van der Waals surface area contributed by atoms with Gasteiger partial charge < -0.3 is 14.6 Å². The molecule has 0 aliphatic carbocycles. The van der Waals surface area contributed by atoms with Crippen LogP contribution in [0.25, 0.3) is 0 Å². The van der Waals surface area contributed by atoms with Gasteiger partial charge in [-0.15, -0.1) is 0 Å². The van der Waals surface area contributed by atoms with Crippen molar-refractivity contribution in [2.45, 2.75) is 19.4 Å². The molecule has 8 heteroatoms. The Morgan fingerprint density at radius 1 is 1.31 bits per heavy atom. The lowest BCUT2D eigenvalue weighted by Gasteiger charge is -2.20. The molecule has 0 spiro atoms. The minimum absolute atomic E-state index is 0.188. The van der Waals surface area contributed by atoms with Crippen LogP contribution in [0.3, 0.4) is 0 Å². The molecular formula is C18H24N4O4. The monoisotopic (exact) mass is 360 g/mol. The molecule has 0 bridgehead atoms. The summed E-state index contributed by atoms with van der Waals surface area (Å²) < 4.78 is 12.6. The number of ether oxygens (including phenoxy) is 2. The van der Waals surface area contributed by atoms with Crippen molar-refractivity contribution in [1.82, 2.24) is 19.7 Å². The molecule has 2 atom stereocenters. The van der Waals surface area contributed by atoms with Gasteiger partial charge in [0.15, 0.2) is 11.5 Å². The van der Waals surface area contributed by atoms with E-state index in [2.05, 4.69) is 15.0 Å². The number of carboxylic acids is 1. The van der Waals surface area contributed by atoms with Crippen LogP contribution < -0.4 is 9.47 Å². The van der Waals surface area contributed by atoms with Gasteiger partial charge in [0.2, 0.25) is 0 Å². The van der Waals surface area contributed by atoms with Gasteiger partial charge in [-0.3, -0.25) is 14.4 Å². The maximum Gasteiger partial charge on any atom is 0.308 e. The Kier molecular flexibility index (Phi) is 5.13. The first kappa shape index (κ1) is 18.2. The summed E-state index contributed by atoms with van der Waals surface area (Å²) in [5.74, 6) is 1.22. The smallest absolute Gasteiger partial charge is 0.308 e. The van der Waals surface area contributed by atoms with E-state index in [0.29, 0.717) is 37.0 Å². The van der Waals surface area contributed by atoms with Gasteiger partial charge in [0.1, 0.15) is 11.6 Å². The number of carboxylic acid groups (broad SMARTS) is 1. The number of aromatic nitrogens is 3. The predicted octanol–water partition coefficient (Wildman–Crippen LogP) is 1.44. The fourth-order valence-corrected chi connectivity index (χ4v) is 3.68. The molecule has 2 heterocycles. The molecule has 3 rings (SSSR count). The van der Waals surface area contributed by atoms with Crippen molar-refractivity contribution in [1.29, 1.82) is 0 Å². The van der Waals surface area contributed by atoms with Crippen LogP contribution in [0.2, 0.25) is 0 Å². The average molecular weight is 360 g/mol. The summed E-state index contributed by atoms with van der Waals surface area (Å²) in [5.41, 5.74) is 0.857. The summed E-state index contributed by atoms with van der Waals surface area (Å²) in [6, 6.07) is 5.59. The van der Waals surface area contributed by atoms with Gasteiger partial charge in [-0.1, -0.05) is 12.1 Å². The molecule has 1 aromatic heterocycles. The number of aryl methyl sites for hydroxylation is 2. The Hall–Kier alpha value is -2.61. The van der Waals surface area contributed by atoms with Crippen molar-refractivity contribution < 1.29 is 19.4 Å². The third kappa shape index (κ3) is 3.37. The van der Waals surface area contributed by atoms with Gasteiger partial charge in [0, 0.05) is 31.6 Å². The number of hydrogen-bond acceptors (Lipinski definition) is 6. The van der Waals surface area contributed by atoms with E-state index < -0.39 is 11.9 Å². The summed E-state index contributed by atoms with van der Waals surface area (Å²) in [4.78, 5) is 18.4. The maximum absolute atomic E-state index is 11.9. The van der Waals surface area contributed by atoms with Gasteiger partial charge in [-0.25, -0.2) is 4.98 Å². The molecular weight excluding hydrogens is 336 g/mol. The first-order chi connectivity index (χ1) is 12.4. The zero-order valence-electron chi connectivity index (χ0n) is 15.5. The molecule has 1 N–H and O–H groups in total. The van der Waals surface area contributed by atoms with Crippen LogP contribution in [0.1, 0.15) is 23.1 Å². The summed E-state index contributed by atoms with van der Waals surface area (Å²) in [6.45, 7) is 3.46. The Labute approximate surface area is 152 Å². The summed E-state index contributed by atoms with van der Waals surface area (Å²) in [7, 11) is 5.00. The molecule has 26 heavy (non-hydrogen) atoms. The fraction of sp³-hybridized carbons (Fsp3) is 0.500. The molecule has 140 valence electrons. The molecule has 0 saturated carbocycles. The van der Waals surface area contributed by atoms with Crippen LogP contribution in [0.5, 0.6) is 11.5 Å². The van der Waals surface area contributed by atoms with Crippen molar-refractivity contribution in [2.75, 3.05) is 27.3 Å². The van der Waals surface area contributed by atoms with Gasteiger partial charge >= 0.3 is 5.97 Å². The fourth-order valence-electron chi connectivity index (χ4n) is 3.68. The highest BCUT2D eigenvalue weighted by Crippen LogP contribution is 2.42. The van der Waals surface area contributed by atoms with Crippen LogP contribution in [0, 0.1) is 12.8 Å². The van der Waals surface area contributed by atoms with E-state index in [-0.39, 0.29) is 5.92 Å². The summed E-state index contributed by atoms with van der Waals surface area (Å²) in [6.07, 6.45) is 0. The molecule has 1 aromatic carbocycles. The van der Waals surface area contributed by atoms with Gasteiger partial charge in [0.05, 0.1) is 26.7 Å². The van der Waals surface area contributed by atoms with E-state index in [1.807, 2.05) is 32.2 Å². The second-order valence-electron chi connectivity index (χ2n) is 6.53. The quantitative estimate of drug-likeness (QED) is 0.834. The molecule has 2 aromatic rings. The van der Waals surface area contributed by atoms with Gasteiger partial charge in [-0.05, 0) is 13.0 Å².